The van der Waals surface area contributed by atoms with E-state index in [4.69, 9.17) is 0 Å². The van der Waals surface area contributed by atoms with Gasteiger partial charge in [0.1, 0.15) is 11.7 Å². The van der Waals surface area contributed by atoms with Gasteiger partial charge in [0, 0.05) is 11.8 Å². The van der Waals surface area contributed by atoms with Crippen molar-refractivity contribution in [3.8, 4) is 0 Å². The van der Waals surface area contributed by atoms with Crippen LogP contribution in [0.1, 0.15) is 38.7 Å². The van der Waals surface area contributed by atoms with Crippen LogP contribution >= 0.6 is 0 Å². The number of para-hydroxylation sites is 2. The van der Waals surface area contributed by atoms with E-state index >= 15 is 0 Å². The third-order valence-electron chi connectivity index (χ3n) is 4.23. The number of nitrogens with zero attached hydrogens (tertiary/aromatic N) is 1. The lowest BCUT2D eigenvalue weighted by molar-refractivity contribution is -0.383. The average molecular weight is 341 g/mol. The standard InChI is InChI=1S/C19H23N3O3/c1-4-13(2)15-9-11-16(12-10-15)20-14(3)19(23)21-17-7-5-6-8-18(17)22(24)25/h5-14,20H,4H2,1-3H3,(H,21,23)/t13-,14+/m1/s1. The van der Waals surface area contributed by atoms with Crippen molar-refractivity contribution < 1.29 is 9.72 Å². The number of nitro groups is 1. The van der Waals surface area contributed by atoms with Crippen LogP contribution in [0.15, 0.2) is 48.5 Å². The summed E-state index contributed by atoms with van der Waals surface area (Å²) in [4.78, 5) is 22.8. The molecule has 0 aliphatic heterocycles. The van der Waals surface area contributed by atoms with E-state index < -0.39 is 11.0 Å². The zero-order valence-corrected chi connectivity index (χ0v) is 14.7. The molecule has 0 saturated carbocycles. The zero-order chi connectivity index (χ0) is 18.4. The van der Waals surface area contributed by atoms with Crippen molar-refractivity contribution in [3.05, 3.63) is 64.2 Å². The van der Waals surface area contributed by atoms with E-state index in [1.807, 2.05) is 24.3 Å². The molecule has 0 fully saturated rings. The summed E-state index contributed by atoms with van der Waals surface area (Å²) in [5.74, 6) is 0.161. The van der Waals surface area contributed by atoms with Gasteiger partial charge in [-0.15, -0.1) is 0 Å². The summed E-state index contributed by atoms with van der Waals surface area (Å²) in [6.45, 7) is 6.03. The van der Waals surface area contributed by atoms with E-state index in [9.17, 15) is 14.9 Å². The molecule has 1 amide bonds. The van der Waals surface area contributed by atoms with Gasteiger partial charge < -0.3 is 10.6 Å². The highest BCUT2D eigenvalue weighted by atomic mass is 16.6. The van der Waals surface area contributed by atoms with Crippen LogP contribution < -0.4 is 10.6 Å². The molecule has 6 heteroatoms. The first kappa shape index (κ1) is 18.4. The number of hydrogen-bond donors (Lipinski definition) is 2. The molecule has 2 aromatic rings. The molecule has 25 heavy (non-hydrogen) atoms. The van der Waals surface area contributed by atoms with E-state index in [0.29, 0.717) is 5.92 Å². The minimum absolute atomic E-state index is 0.124. The number of amides is 1. The number of carbonyl (C=O) groups excluding carboxylic acids is 1. The summed E-state index contributed by atoms with van der Waals surface area (Å²) in [6.07, 6.45) is 1.07. The van der Waals surface area contributed by atoms with Gasteiger partial charge in [-0.25, -0.2) is 0 Å². The van der Waals surface area contributed by atoms with Crippen molar-refractivity contribution >= 4 is 23.0 Å². The molecule has 0 aliphatic rings. The number of carbonyl (C=O) groups is 1. The number of nitro benzene ring substituents is 1. The summed E-state index contributed by atoms with van der Waals surface area (Å²) >= 11 is 0. The van der Waals surface area contributed by atoms with Gasteiger partial charge in [0.05, 0.1) is 4.92 Å². The Labute approximate surface area is 147 Å². The summed E-state index contributed by atoms with van der Waals surface area (Å²) in [5.41, 5.74) is 2.15. The van der Waals surface area contributed by atoms with E-state index in [2.05, 4.69) is 24.5 Å². The zero-order valence-electron chi connectivity index (χ0n) is 14.7. The molecule has 2 atom stereocenters. The van der Waals surface area contributed by atoms with Gasteiger partial charge >= 0.3 is 0 Å². The monoisotopic (exact) mass is 341 g/mol. The van der Waals surface area contributed by atoms with Crippen LogP contribution in [0.5, 0.6) is 0 Å². The van der Waals surface area contributed by atoms with Gasteiger partial charge in [-0.05, 0) is 43.0 Å². The molecule has 2 N–H and O–H groups in total. The highest BCUT2D eigenvalue weighted by molar-refractivity contribution is 5.97. The molecule has 2 aromatic carbocycles. The molecule has 0 spiro atoms. The maximum atomic E-state index is 12.3. The van der Waals surface area contributed by atoms with Crippen LogP contribution in [-0.2, 0) is 4.79 Å². The first-order valence-electron chi connectivity index (χ1n) is 8.33. The fourth-order valence-corrected chi connectivity index (χ4v) is 2.44. The number of hydrogen-bond acceptors (Lipinski definition) is 4. The Morgan fingerprint density at radius 3 is 2.36 bits per heavy atom. The third-order valence-corrected chi connectivity index (χ3v) is 4.23. The van der Waals surface area contributed by atoms with Crippen molar-refractivity contribution in [1.82, 2.24) is 0 Å². The summed E-state index contributed by atoms with van der Waals surface area (Å²) < 4.78 is 0. The molecular weight excluding hydrogens is 318 g/mol. The number of rotatable bonds is 7. The predicted octanol–water partition coefficient (Wildman–Crippen LogP) is 4.55. The Hall–Kier alpha value is -2.89. The smallest absolute Gasteiger partial charge is 0.292 e. The van der Waals surface area contributed by atoms with Crippen LogP contribution in [0.4, 0.5) is 17.1 Å². The van der Waals surface area contributed by atoms with E-state index in [0.717, 1.165) is 12.1 Å². The number of benzene rings is 2. The van der Waals surface area contributed by atoms with Gasteiger partial charge in [0.2, 0.25) is 5.91 Å². The first-order chi connectivity index (χ1) is 11.9. The van der Waals surface area contributed by atoms with Gasteiger partial charge in [-0.2, -0.15) is 0 Å². The largest absolute Gasteiger partial charge is 0.374 e. The van der Waals surface area contributed by atoms with Gasteiger partial charge in [-0.1, -0.05) is 38.1 Å². The molecule has 0 aliphatic carbocycles. The fourth-order valence-electron chi connectivity index (χ4n) is 2.44. The van der Waals surface area contributed by atoms with Gasteiger partial charge in [0.25, 0.3) is 5.69 Å². The number of nitrogens with one attached hydrogen (secondary N) is 2. The van der Waals surface area contributed by atoms with Crippen molar-refractivity contribution in [3.63, 3.8) is 0 Å². The van der Waals surface area contributed by atoms with Crippen LogP contribution in [0, 0.1) is 10.1 Å². The SMILES string of the molecule is CC[C@@H](C)c1ccc(N[C@@H](C)C(=O)Nc2ccccc2[N+](=O)[O-])cc1. The second kappa shape index (κ2) is 8.28. The predicted molar refractivity (Wildman–Crippen MR) is 100.0 cm³/mol. The molecule has 6 nitrogen and oxygen atoms in total. The van der Waals surface area contributed by atoms with Crippen molar-refractivity contribution in [2.24, 2.45) is 0 Å². The van der Waals surface area contributed by atoms with E-state index in [-0.39, 0.29) is 17.3 Å². The molecule has 0 saturated heterocycles. The first-order valence-corrected chi connectivity index (χ1v) is 8.33. The lowest BCUT2D eigenvalue weighted by Crippen LogP contribution is -2.32. The lowest BCUT2D eigenvalue weighted by atomic mass is 9.98. The summed E-state index contributed by atoms with van der Waals surface area (Å²) in [6, 6.07) is 13.5. The lowest BCUT2D eigenvalue weighted by Gasteiger charge is -2.16. The molecule has 0 heterocycles. The normalized spacial score (nSPS) is 12.9. The molecule has 0 radical (unpaired) electrons. The fraction of sp³-hybridized carbons (Fsp3) is 0.316. The molecule has 132 valence electrons. The van der Waals surface area contributed by atoms with Crippen molar-refractivity contribution in [2.75, 3.05) is 10.6 Å². The Balaban J connectivity index is 2.02. The molecule has 0 unspecified atom stereocenters. The molecule has 0 aromatic heterocycles. The third kappa shape index (κ3) is 4.79. The Kier molecular flexibility index (Phi) is 6.11. The van der Waals surface area contributed by atoms with Crippen molar-refractivity contribution in [1.29, 1.82) is 0 Å². The van der Waals surface area contributed by atoms with Gasteiger partial charge in [-0.3, -0.25) is 14.9 Å². The van der Waals surface area contributed by atoms with E-state index in [1.165, 1.54) is 17.7 Å². The second-order valence-corrected chi connectivity index (χ2v) is 6.06. The highest BCUT2D eigenvalue weighted by Crippen LogP contribution is 2.24. The Morgan fingerprint density at radius 1 is 1.12 bits per heavy atom. The van der Waals surface area contributed by atoms with Crippen molar-refractivity contribution in [2.45, 2.75) is 39.2 Å². The summed E-state index contributed by atoms with van der Waals surface area (Å²) in [5, 5.41) is 16.7. The van der Waals surface area contributed by atoms with E-state index in [1.54, 1.807) is 19.1 Å². The molecule has 2 rings (SSSR count). The van der Waals surface area contributed by atoms with Gasteiger partial charge in [0.15, 0.2) is 0 Å². The summed E-state index contributed by atoms with van der Waals surface area (Å²) in [7, 11) is 0. The second-order valence-electron chi connectivity index (χ2n) is 6.06. The molecule has 0 bridgehead atoms. The van der Waals surface area contributed by atoms with Crippen LogP contribution in [0.25, 0.3) is 0 Å². The Bertz CT molecular complexity index is 744. The van der Waals surface area contributed by atoms with Crippen LogP contribution in [0.3, 0.4) is 0 Å². The highest BCUT2D eigenvalue weighted by Gasteiger charge is 2.18. The Morgan fingerprint density at radius 2 is 1.76 bits per heavy atom. The van der Waals surface area contributed by atoms with Crippen LogP contribution in [0.2, 0.25) is 0 Å². The average Bonchev–Trinajstić information content (AvgIpc) is 2.61. The topological polar surface area (TPSA) is 84.3 Å². The number of anilines is 2. The molecular formula is C19H23N3O3. The minimum Gasteiger partial charge on any atom is -0.374 e. The quantitative estimate of drug-likeness (QED) is 0.571. The maximum Gasteiger partial charge on any atom is 0.292 e. The van der Waals surface area contributed by atoms with Crippen LogP contribution in [-0.4, -0.2) is 16.9 Å². The minimum atomic E-state index is -0.533. The maximum absolute atomic E-state index is 12.3.